The van der Waals surface area contributed by atoms with Crippen molar-refractivity contribution in [2.24, 2.45) is 0 Å². The van der Waals surface area contributed by atoms with Gasteiger partial charge in [-0.2, -0.15) is 4.98 Å². The zero-order valence-corrected chi connectivity index (χ0v) is 16.3. The third-order valence-corrected chi connectivity index (χ3v) is 4.58. The van der Waals surface area contributed by atoms with Crippen LogP contribution in [-0.4, -0.2) is 15.0 Å². The van der Waals surface area contributed by atoms with E-state index >= 15 is 0 Å². The molecule has 0 saturated heterocycles. The molecule has 4 rings (SSSR count). The van der Waals surface area contributed by atoms with Crippen LogP contribution in [0.1, 0.15) is 18.2 Å². The van der Waals surface area contributed by atoms with Crippen LogP contribution in [-0.2, 0) is 13.0 Å². The molecule has 0 bridgehead atoms. The third kappa shape index (κ3) is 4.96. The molecule has 144 valence electrons. The Labute approximate surface area is 170 Å². The van der Waals surface area contributed by atoms with Gasteiger partial charge in [0.25, 0.3) is 0 Å². The summed E-state index contributed by atoms with van der Waals surface area (Å²) >= 11 is 0. The molecule has 0 aliphatic heterocycles. The van der Waals surface area contributed by atoms with Crippen LogP contribution in [0, 0.1) is 0 Å². The van der Waals surface area contributed by atoms with Crippen LogP contribution >= 0.6 is 0 Å². The Bertz CT molecular complexity index is 1050. The highest BCUT2D eigenvalue weighted by Crippen LogP contribution is 2.24. The Morgan fingerprint density at radius 3 is 2.34 bits per heavy atom. The number of benzene rings is 2. The van der Waals surface area contributed by atoms with E-state index in [1.807, 2.05) is 54.6 Å². The summed E-state index contributed by atoms with van der Waals surface area (Å²) in [7, 11) is 0. The predicted octanol–water partition coefficient (Wildman–Crippen LogP) is 5.46. The van der Waals surface area contributed by atoms with Gasteiger partial charge in [0.15, 0.2) is 0 Å². The van der Waals surface area contributed by atoms with Crippen molar-refractivity contribution in [2.75, 3.05) is 10.6 Å². The number of nitrogens with zero attached hydrogens (tertiary/aromatic N) is 3. The van der Waals surface area contributed by atoms with Crippen LogP contribution < -0.4 is 10.6 Å². The number of aryl methyl sites for hydroxylation is 1. The van der Waals surface area contributed by atoms with Gasteiger partial charge in [-0.15, -0.1) is 0 Å². The van der Waals surface area contributed by atoms with Crippen LogP contribution in [0.25, 0.3) is 11.3 Å². The van der Waals surface area contributed by atoms with Crippen LogP contribution in [0.4, 0.5) is 17.5 Å². The summed E-state index contributed by atoms with van der Waals surface area (Å²) in [5.74, 6) is 1.30. The van der Waals surface area contributed by atoms with Gasteiger partial charge in [0.05, 0.1) is 17.9 Å². The first-order chi connectivity index (χ1) is 14.3. The second-order valence-electron chi connectivity index (χ2n) is 6.68. The normalized spacial score (nSPS) is 10.5. The Kier molecular flexibility index (Phi) is 5.76. The van der Waals surface area contributed by atoms with Crippen molar-refractivity contribution in [2.45, 2.75) is 19.9 Å². The van der Waals surface area contributed by atoms with E-state index in [-0.39, 0.29) is 0 Å². The van der Waals surface area contributed by atoms with Gasteiger partial charge in [-0.1, -0.05) is 55.5 Å². The van der Waals surface area contributed by atoms with Gasteiger partial charge in [-0.25, -0.2) is 4.98 Å². The van der Waals surface area contributed by atoms with Crippen molar-refractivity contribution in [1.29, 1.82) is 0 Å². The summed E-state index contributed by atoms with van der Waals surface area (Å²) in [4.78, 5) is 13.7. The summed E-state index contributed by atoms with van der Waals surface area (Å²) in [6.07, 6.45) is 2.80. The largest absolute Gasteiger partial charge is 0.348 e. The standard InChI is InChI=1S/C24H23N5/c1-2-18-11-13-20(14-12-18)27-23-16-22(19-8-4-3-5-9-19)28-24(29-23)26-17-21-10-6-7-15-25-21/h3-16H,2,17H2,1H3,(H2,26,27,28,29). The molecule has 0 aliphatic rings. The fraction of sp³-hybridized carbons (Fsp3) is 0.125. The molecule has 0 saturated carbocycles. The van der Waals surface area contributed by atoms with Crippen molar-refractivity contribution in [3.8, 4) is 11.3 Å². The molecule has 2 aromatic heterocycles. The van der Waals surface area contributed by atoms with Gasteiger partial charge in [0.2, 0.25) is 5.95 Å². The number of hydrogen-bond donors (Lipinski definition) is 2. The van der Waals surface area contributed by atoms with Crippen molar-refractivity contribution in [1.82, 2.24) is 15.0 Å². The molecule has 2 heterocycles. The van der Waals surface area contributed by atoms with E-state index in [1.54, 1.807) is 6.20 Å². The first-order valence-electron chi connectivity index (χ1n) is 9.74. The average Bonchev–Trinajstić information content (AvgIpc) is 2.79. The summed E-state index contributed by atoms with van der Waals surface area (Å²) in [5, 5.41) is 6.69. The molecule has 0 radical (unpaired) electrons. The number of rotatable bonds is 7. The lowest BCUT2D eigenvalue weighted by Gasteiger charge is -2.12. The smallest absolute Gasteiger partial charge is 0.225 e. The number of aromatic nitrogens is 3. The quantitative estimate of drug-likeness (QED) is 0.445. The zero-order valence-electron chi connectivity index (χ0n) is 16.3. The van der Waals surface area contributed by atoms with Gasteiger partial charge in [-0.3, -0.25) is 4.98 Å². The maximum absolute atomic E-state index is 4.70. The first kappa shape index (κ1) is 18.6. The van der Waals surface area contributed by atoms with E-state index in [0.29, 0.717) is 12.5 Å². The SMILES string of the molecule is CCc1ccc(Nc2cc(-c3ccccc3)nc(NCc3ccccn3)n2)cc1. The summed E-state index contributed by atoms with van der Waals surface area (Å²) < 4.78 is 0. The minimum atomic E-state index is 0.559. The van der Waals surface area contributed by atoms with Gasteiger partial charge < -0.3 is 10.6 Å². The van der Waals surface area contributed by atoms with Crippen molar-refractivity contribution >= 4 is 17.5 Å². The number of pyridine rings is 1. The van der Waals surface area contributed by atoms with Crippen LogP contribution in [0.3, 0.4) is 0 Å². The molecule has 0 spiro atoms. The van der Waals surface area contributed by atoms with E-state index in [9.17, 15) is 0 Å². The molecule has 5 heteroatoms. The van der Waals surface area contributed by atoms with Crippen LogP contribution in [0.5, 0.6) is 0 Å². The molecule has 4 aromatic rings. The van der Waals surface area contributed by atoms with Crippen molar-refractivity contribution < 1.29 is 0 Å². The molecular weight excluding hydrogens is 358 g/mol. The molecule has 2 aromatic carbocycles. The molecule has 0 unspecified atom stereocenters. The molecule has 5 nitrogen and oxygen atoms in total. The second-order valence-corrected chi connectivity index (χ2v) is 6.68. The Balaban J connectivity index is 1.62. The fourth-order valence-electron chi connectivity index (χ4n) is 2.99. The van der Waals surface area contributed by atoms with E-state index in [2.05, 4.69) is 51.8 Å². The molecule has 0 atom stereocenters. The fourth-order valence-corrected chi connectivity index (χ4v) is 2.99. The Morgan fingerprint density at radius 1 is 0.828 bits per heavy atom. The van der Waals surface area contributed by atoms with E-state index in [4.69, 9.17) is 4.98 Å². The Hall–Kier alpha value is -3.73. The monoisotopic (exact) mass is 381 g/mol. The Morgan fingerprint density at radius 2 is 1.62 bits per heavy atom. The number of nitrogens with one attached hydrogen (secondary N) is 2. The lowest BCUT2D eigenvalue weighted by Crippen LogP contribution is -2.07. The highest BCUT2D eigenvalue weighted by molar-refractivity contribution is 5.67. The topological polar surface area (TPSA) is 62.7 Å². The molecule has 29 heavy (non-hydrogen) atoms. The van der Waals surface area contributed by atoms with E-state index in [1.165, 1.54) is 5.56 Å². The maximum atomic E-state index is 4.70. The lowest BCUT2D eigenvalue weighted by molar-refractivity contribution is 1.00. The molecule has 0 aliphatic carbocycles. The summed E-state index contributed by atoms with van der Waals surface area (Å²) in [5.41, 5.74) is 5.14. The van der Waals surface area contributed by atoms with Crippen LogP contribution in [0.15, 0.2) is 85.1 Å². The first-order valence-corrected chi connectivity index (χ1v) is 9.74. The maximum Gasteiger partial charge on any atom is 0.225 e. The summed E-state index contributed by atoms with van der Waals surface area (Å²) in [6, 6.07) is 26.3. The van der Waals surface area contributed by atoms with Gasteiger partial charge in [-0.05, 0) is 36.2 Å². The zero-order chi connectivity index (χ0) is 19.9. The number of hydrogen-bond acceptors (Lipinski definition) is 5. The predicted molar refractivity (Wildman–Crippen MR) is 118 cm³/mol. The van der Waals surface area contributed by atoms with E-state index < -0.39 is 0 Å². The van der Waals surface area contributed by atoms with E-state index in [0.717, 1.165) is 34.9 Å². The average molecular weight is 381 g/mol. The van der Waals surface area contributed by atoms with Gasteiger partial charge in [0.1, 0.15) is 5.82 Å². The molecule has 2 N–H and O–H groups in total. The third-order valence-electron chi connectivity index (χ3n) is 4.58. The molecule has 0 fully saturated rings. The number of anilines is 3. The second kappa shape index (κ2) is 8.97. The summed E-state index contributed by atoms with van der Waals surface area (Å²) in [6.45, 7) is 2.71. The van der Waals surface area contributed by atoms with Crippen LogP contribution in [0.2, 0.25) is 0 Å². The molecule has 0 amide bonds. The highest BCUT2D eigenvalue weighted by Gasteiger charge is 2.08. The minimum absolute atomic E-state index is 0.559. The van der Waals surface area contributed by atoms with Gasteiger partial charge in [0, 0.05) is 23.5 Å². The lowest BCUT2D eigenvalue weighted by atomic mass is 10.1. The van der Waals surface area contributed by atoms with Crippen molar-refractivity contribution in [3.63, 3.8) is 0 Å². The molecular formula is C24H23N5. The minimum Gasteiger partial charge on any atom is -0.348 e. The highest BCUT2D eigenvalue weighted by atomic mass is 15.1. The van der Waals surface area contributed by atoms with Gasteiger partial charge >= 0.3 is 0 Å². The van der Waals surface area contributed by atoms with Crippen molar-refractivity contribution in [3.05, 3.63) is 96.3 Å².